The van der Waals surface area contributed by atoms with Crippen molar-refractivity contribution in [2.75, 3.05) is 13.7 Å². The van der Waals surface area contributed by atoms with E-state index in [-0.39, 0.29) is 17.6 Å². The molecule has 0 radical (unpaired) electrons. The molecule has 0 saturated heterocycles. The molecule has 0 spiro atoms. The second kappa shape index (κ2) is 9.41. The van der Waals surface area contributed by atoms with E-state index < -0.39 is 0 Å². The minimum absolute atomic E-state index is 0.117. The molecule has 1 aliphatic rings. The van der Waals surface area contributed by atoms with Crippen molar-refractivity contribution in [1.82, 2.24) is 9.36 Å². The van der Waals surface area contributed by atoms with Crippen LogP contribution < -0.4 is 10.3 Å². The maximum Gasteiger partial charge on any atom is 0.338 e. The summed E-state index contributed by atoms with van der Waals surface area (Å²) in [4.78, 5) is 26.0. The summed E-state index contributed by atoms with van der Waals surface area (Å²) in [6, 6.07) is 13.1. The van der Waals surface area contributed by atoms with Crippen LogP contribution in [0.1, 0.15) is 68.3 Å². The van der Waals surface area contributed by atoms with E-state index in [1.165, 1.54) is 6.42 Å². The van der Waals surface area contributed by atoms with Crippen molar-refractivity contribution in [2.24, 2.45) is 0 Å². The van der Waals surface area contributed by atoms with Gasteiger partial charge in [0.25, 0.3) is 5.56 Å². The molecule has 1 fully saturated rings. The monoisotopic (exact) mass is 422 g/mol. The summed E-state index contributed by atoms with van der Waals surface area (Å²) >= 11 is 0. The largest absolute Gasteiger partial charge is 0.497 e. The first-order chi connectivity index (χ1) is 15.1. The number of hydrogen-bond acceptors (Lipinski definition) is 4. The lowest BCUT2D eigenvalue weighted by molar-refractivity contribution is 0.0500. The lowest BCUT2D eigenvalue weighted by atomic mass is 9.95. The van der Waals surface area contributed by atoms with Crippen molar-refractivity contribution < 1.29 is 14.3 Å². The van der Waals surface area contributed by atoms with Crippen LogP contribution in [-0.2, 0) is 4.74 Å². The number of ether oxygens (including phenoxy) is 2. The number of benzene rings is 2. The van der Waals surface area contributed by atoms with Gasteiger partial charge in [0.15, 0.2) is 0 Å². The van der Waals surface area contributed by atoms with Gasteiger partial charge in [-0.25, -0.2) is 9.48 Å². The first-order valence-electron chi connectivity index (χ1n) is 11.2. The molecule has 0 aliphatic heterocycles. The van der Waals surface area contributed by atoms with E-state index in [0.717, 1.165) is 55.5 Å². The Morgan fingerprint density at radius 2 is 1.81 bits per heavy atom. The third-order valence-electron chi connectivity index (χ3n) is 6.09. The Morgan fingerprint density at radius 3 is 2.48 bits per heavy atom. The van der Waals surface area contributed by atoms with Crippen LogP contribution in [0.15, 0.2) is 47.3 Å². The van der Waals surface area contributed by atoms with Crippen LogP contribution in [0.25, 0.3) is 16.6 Å². The van der Waals surface area contributed by atoms with Crippen LogP contribution >= 0.6 is 0 Å². The van der Waals surface area contributed by atoms with Crippen molar-refractivity contribution in [1.29, 1.82) is 0 Å². The zero-order valence-electron chi connectivity index (χ0n) is 18.3. The molecule has 2 aromatic carbocycles. The second-order valence-corrected chi connectivity index (χ2v) is 8.17. The smallest absolute Gasteiger partial charge is 0.338 e. The first kappa shape index (κ1) is 21.2. The number of carbonyl (C=O) groups excluding carboxylic acids is 1. The van der Waals surface area contributed by atoms with Crippen LogP contribution in [0.5, 0.6) is 5.75 Å². The molecular formula is C25H30N2O4. The molecular weight excluding hydrogens is 392 g/mol. The van der Waals surface area contributed by atoms with Crippen LogP contribution in [0.2, 0.25) is 0 Å². The molecule has 4 rings (SSSR count). The van der Waals surface area contributed by atoms with Gasteiger partial charge in [0.2, 0.25) is 0 Å². The highest BCUT2D eigenvalue weighted by Gasteiger charge is 2.24. The van der Waals surface area contributed by atoms with Gasteiger partial charge < -0.3 is 9.47 Å². The third-order valence-corrected chi connectivity index (χ3v) is 6.09. The number of esters is 1. The number of aromatic nitrogens is 2. The molecule has 0 bridgehead atoms. The van der Waals surface area contributed by atoms with Gasteiger partial charge in [-0.3, -0.25) is 9.48 Å². The van der Waals surface area contributed by atoms with Gasteiger partial charge in [0.1, 0.15) is 5.75 Å². The maximum absolute atomic E-state index is 13.5. The SMILES string of the molecule is CCCCOC(=O)c1ccc2c(c1)c(=O)n(-c1ccc(OC)cc1)n2C1CCCCC1. The van der Waals surface area contributed by atoms with Crippen molar-refractivity contribution in [3.05, 3.63) is 58.4 Å². The summed E-state index contributed by atoms with van der Waals surface area (Å²) in [7, 11) is 1.63. The van der Waals surface area contributed by atoms with Crippen molar-refractivity contribution in [3.8, 4) is 11.4 Å². The number of methoxy groups -OCH3 is 1. The zero-order chi connectivity index (χ0) is 21.8. The molecule has 1 aliphatic carbocycles. The zero-order valence-corrected chi connectivity index (χ0v) is 18.3. The van der Waals surface area contributed by atoms with Crippen LogP contribution in [0, 0.1) is 0 Å². The Hall–Kier alpha value is -3.02. The van der Waals surface area contributed by atoms with Crippen LogP contribution in [-0.4, -0.2) is 29.0 Å². The Bertz CT molecular complexity index is 1100. The molecule has 6 nitrogen and oxygen atoms in total. The first-order valence-corrected chi connectivity index (χ1v) is 11.2. The molecule has 0 amide bonds. The van der Waals surface area contributed by atoms with Gasteiger partial charge >= 0.3 is 5.97 Å². The lowest BCUT2D eigenvalue weighted by Gasteiger charge is -2.26. The summed E-state index contributed by atoms with van der Waals surface area (Å²) < 4.78 is 14.5. The Labute approximate surface area is 182 Å². The molecule has 3 aromatic rings. The number of hydrogen-bond donors (Lipinski definition) is 0. The van der Waals surface area contributed by atoms with Gasteiger partial charge in [0.05, 0.1) is 41.9 Å². The fourth-order valence-electron chi connectivity index (χ4n) is 4.40. The molecule has 0 N–H and O–H groups in total. The fraction of sp³-hybridized carbons (Fsp3) is 0.440. The summed E-state index contributed by atoms with van der Waals surface area (Å²) in [5.74, 6) is 0.366. The predicted octanol–water partition coefficient (Wildman–Crippen LogP) is 5.26. The third kappa shape index (κ3) is 4.24. The Morgan fingerprint density at radius 1 is 1.06 bits per heavy atom. The van der Waals surface area contributed by atoms with E-state index in [9.17, 15) is 9.59 Å². The minimum Gasteiger partial charge on any atom is -0.497 e. The average Bonchev–Trinajstić information content (AvgIpc) is 3.11. The van der Waals surface area contributed by atoms with Crippen LogP contribution in [0.4, 0.5) is 0 Å². The van der Waals surface area contributed by atoms with Gasteiger partial charge in [0, 0.05) is 0 Å². The topological polar surface area (TPSA) is 62.5 Å². The quantitative estimate of drug-likeness (QED) is 0.385. The van der Waals surface area contributed by atoms with E-state index in [2.05, 4.69) is 11.6 Å². The highest BCUT2D eigenvalue weighted by Crippen LogP contribution is 2.32. The Balaban J connectivity index is 1.82. The summed E-state index contributed by atoms with van der Waals surface area (Å²) in [5, 5.41) is 0.548. The normalized spacial score (nSPS) is 14.6. The van der Waals surface area contributed by atoms with Crippen molar-refractivity contribution in [3.63, 3.8) is 0 Å². The van der Waals surface area contributed by atoms with Crippen LogP contribution in [0.3, 0.4) is 0 Å². The standard InChI is InChI=1S/C25H30N2O4/c1-3-4-16-31-25(29)18-10-15-23-22(17-18)24(28)27(20-11-13-21(30-2)14-12-20)26(23)19-8-6-5-7-9-19/h10-15,17,19H,3-9,16H2,1-2H3. The summed E-state index contributed by atoms with van der Waals surface area (Å²) in [5.41, 5.74) is 1.95. The highest BCUT2D eigenvalue weighted by atomic mass is 16.5. The van der Waals surface area contributed by atoms with E-state index in [0.29, 0.717) is 17.6 Å². The molecule has 1 saturated carbocycles. The second-order valence-electron chi connectivity index (χ2n) is 8.17. The van der Waals surface area contributed by atoms with Gasteiger partial charge in [-0.05, 0) is 61.7 Å². The van der Waals surface area contributed by atoms with Gasteiger partial charge in [-0.15, -0.1) is 0 Å². The number of nitrogens with zero attached hydrogens (tertiary/aromatic N) is 2. The summed E-state index contributed by atoms with van der Waals surface area (Å²) in [6.07, 6.45) is 7.42. The molecule has 0 atom stereocenters. The number of carbonyl (C=O) groups is 1. The van der Waals surface area contributed by atoms with Crippen molar-refractivity contribution >= 4 is 16.9 Å². The average molecular weight is 423 g/mol. The molecule has 1 aromatic heterocycles. The van der Waals surface area contributed by atoms with E-state index in [1.54, 1.807) is 23.9 Å². The molecule has 0 unspecified atom stereocenters. The summed E-state index contributed by atoms with van der Waals surface area (Å²) in [6.45, 7) is 2.45. The fourth-order valence-corrected chi connectivity index (χ4v) is 4.40. The van der Waals surface area contributed by atoms with Crippen molar-refractivity contribution in [2.45, 2.75) is 57.9 Å². The molecule has 1 heterocycles. The number of fused-ring (bicyclic) bond motifs is 1. The maximum atomic E-state index is 13.5. The lowest BCUT2D eigenvalue weighted by Crippen LogP contribution is -2.25. The minimum atomic E-state index is -0.379. The molecule has 31 heavy (non-hydrogen) atoms. The molecule has 6 heteroatoms. The van der Waals surface area contributed by atoms with E-state index >= 15 is 0 Å². The van der Waals surface area contributed by atoms with Gasteiger partial charge in [-0.2, -0.15) is 0 Å². The number of unbranched alkanes of at least 4 members (excludes halogenated alkanes) is 1. The number of rotatable bonds is 7. The van der Waals surface area contributed by atoms with E-state index in [1.807, 2.05) is 30.3 Å². The highest BCUT2D eigenvalue weighted by molar-refractivity contribution is 5.94. The van der Waals surface area contributed by atoms with Gasteiger partial charge in [-0.1, -0.05) is 32.6 Å². The predicted molar refractivity (Wildman–Crippen MR) is 121 cm³/mol. The molecule has 164 valence electrons. The van der Waals surface area contributed by atoms with E-state index in [4.69, 9.17) is 9.47 Å². The Kier molecular flexibility index (Phi) is 6.44.